The van der Waals surface area contributed by atoms with Crippen molar-refractivity contribution >= 4 is 23.5 Å². The number of hydrogen-bond donors (Lipinski definition) is 1. The van der Waals surface area contributed by atoms with Gasteiger partial charge in [-0.2, -0.15) is 0 Å². The molecule has 0 saturated carbocycles. The number of likely N-dealkylation sites (N-methyl/N-ethyl adjacent to an activating group) is 1. The van der Waals surface area contributed by atoms with Crippen LogP contribution in [0.15, 0.2) is 48.5 Å². The Hall–Kier alpha value is -3.22. The van der Waals surface area contributed by atoms with E-state index >= 15 is 0 Å². The fourth-order valence-electron chi connectivity index (χ4n) is 4.69. The summed E-state index contributed by atoms with van der Waals surface area (Å²) in [5.41, 5.74) is 4.02. The van der Waals surface area contributed by atoms with Gasteiger partial charge in [0.2, 0.25) is 0 Å². The largest absolute Gasteiger partial charge is 0.444 e. The third kappa shape index (κ3) is 5.64. The number of rotatable bonds is 4. The molecule has 4 rings (SSSR count). The van der Waals surface area contributed by atoms with E-state index in [9.17, 15) is 9.59 Å². The number of benzene rings is 2. The van der Waals surface area contributed by atoms with E-state index in [0.717, 1.165) is 43.6 Å². The Morgan fingerprint density at radius 3 is 2.62 bits per heavy atom. The highest BCUT2D eigenvalue weighted by Gasteiger charge is 2.31. The third-order valence-corrected chi connectivity index (χ3v) is 6.52. The molecule has 2 aliphatic heterocycles. The highest BCUT2D eigenvalue weighted by atomic mass is 16.6. The van der Waals surface area contributed by atoms with Gasteiger partial charge in [-0.1, -0.05) is 36.4 Å². The molecule has 3 amide bonds. The van der Waals surface area contributed by atoms with Gasteiger partial charge in [-0.3, -0.25) is 0 Å². The van der Waals surface area contributed by atoms with Crippen molar-refractivity contribution in [2.24, 2.45) is 0 Å². The number of urea groups is 1. The first kappa shape index (κ1) is 23.9. The quantitative estimate of drug-likeness (QED) is 0.683. The number of anilines is 2. The average molecular weight is 465 g/mol. The standard InChI is InChI=1S/C27H36N4O3/c1-27(2,3)34-26(33)29(4)22-12-9-16-31(19-22)25(32)28-23-13-7-5-11-21(23)18-30-17-15-20-10-6-8-14-24(20)30/h5-8,10-11,13-14,22H,9,12,15-19H2,1-4H3,(H,28,32)/t22-/m1/s1. The molecule has 0 aliphatic carbocycles. The maximum Gasteiger partial charge on any atom is 0.410 e. The number of carbonyl (C=O) groups excluding carboxylic acids is 2. The minimum absolute atomic E-state index is 0.0642. The van der Waals surface area contributed by atoms with E-state index in [1.807, 2.05) is 39.0 Å². The molecule has 34 heavy (non-hydrogen) atoms. The zero-order valence-corrected chi connectivity index (χ0v) is 20.7. The smallest absolute Gasteiger partial charge is 0.410 e. The number of likely N-dealkylation sites (tertiary alicyclic amines) is 1. The summed E-state index contributed by atoms with van der Waals surface area (Å²) >= 11 is 0. The summed E-state index contributed by atoms with van der Waals surface area (Å²) in [7, 11) is 1.75. The lowest BCUT2D eigenvalue weighted by Gasteiger charge is -2.38. The maximum absolute atomic E-state index is 13.2. The Morgan fingerprint density at radius 1 is 1.09 bits per heavy atom. The van der Waals surface area contributed by atoms with Gasteiger partial charge in [0.25, 0.3) is 0 Å². The van der Waals surface area contributed by atoms with Gasteiger partial charge in [-0.05, 0) is 63.3 Å². The SMILES string of the molecule is CN(C(=O)OC(C)(C)C)[C@@H]1CCCN(C(=O)Nc2ccccc2CN2CCc3ccccc32)C1. The highest BCUT2D eigenvalue weighted by molar-refractivity contribution is 5.90. The van der Waals surface area contributed by atoms with Crippen LogP contribution in [0.1, 0.15) is 44.7 Å². The molecule has 182 valence electrons. The molecule has 1 saturated heterocycles. The third-order valence-electron chi connectivity index (χ3n) is 6.52. The molecule has 7 heteroatoms. The van der Waals surface area contributed by atoms with E-state index in [0.29, 0.717) is 13.1 Å². The van der Waals surface area contributed by atoms with E-state index in [1.54, 1.807) is 16.8 Å². The Bertz CT molecular complexity index is 1030. The van der Waals surface area contributed by atoms with Gasteiger partial charge in [-0.25, -0.2) is 9.59 Å². The van der Waals surface area contributed by atoms with Crippen molar-refractivity contribution in [1.82, 2.24) is 9.80 Å². The van der Waals surface area contributed by atoms with Gasteiger partial charge in [0, 0.05) is 44.6 Å². The molecular weight excluding hydrogens is 428 g/mol. The number of nitrogens with one attached hydrogen (secondary N) is 1. The zero-order valence-electron chi connectivity index (χ0n) is 20.7. The molecule has 0 spiro atoms. The van der Waals surface area contributed by atoms with Gasteiger partial charge in [0.15, 0.2) is 0 Å². The molecule has 1 N–H and O–H groups in total. The van der Waals surface area contributed by atoms with Crippen LogP contribution in [0.2, 0.25) is 0 Å². The molecule has 2 aromatic rings. The Kier molecular flexibility index (Phi) is 7.00. The van der Waals surface area contributed by atoms with Crippen LogP contribution in [0.3, 0.4) is 0 Å². The summed E-state index contributed by atoms with van der Waals surface area (Å²) in [6.07, 6.45) is 2.39. The monoisotopic (exact) mass is 464 g/mol. The topological polar surface area (TPSA) is 65.1 Å². The van der Waals surface area contributed by atoms with Crippen molar-refractivity contribution in [1.29, 1.82) is 0 Å². The number of para-hydroxylation sites is 2. The molecule has 0 radical (unpaired) electrons. The summed E-state index contributed by atoms with van der Waals surface area (Å²) in [5.74, 6) is 0. The van der Waals surface area contributed by atoms with Gasteiger partial charge in [0.1, 0.15) is 5.60 Å². The fourth-order valence-corrected chi connectivity index (χ4v) is 4.69. The van der Waals surface area contributed by atoms with Gasteiger partial charge in [0.05, 0.1) is 6.04 Å². The Labute approximate surface area is 202 Å². The molecule has 7 nitrogen and oxygen atoms in total. The predicted octanol–water partition coefficient (Wildman–Crippen LogP) is 5.11. The molecule has 2 aromatic carbocycles. The van der Waals surface area contributed by atoms with E-state index in [-0.39, 0.29) is 18.2 Å². The first-order valence-corrected chi connectivity index (χ1v) is 12.1. The van der Waals surface area contributed by atoms with Crippen molar-refractivity contribution in [2.45, 2.75) is 58.2 Å². The molecule has 1 fully saturated rings. The van der Waals surface area contributed by atoms with Crippen molar-refractivity contribution in [2.75, 3.05) is 36.9 Å². The van der Waals surface area contributed by atoms with Crippen molar-refractivity contribution < 1.29 is 14.3 Å². The van der Waals surface area contributed by atoms with Crippen LogP contribution >= 0.6 is 0 Å². The molecule has 2 aliphatic rings. The van der Waals surface area contributed by atoms with Crippen molar-refractivity contribution in [3.8, 4) is 0 Å². The first-order chi connectivity index (χ1) is 16.2. The van der Waals surface area contributed by atoms with E-state index in [4.69, 9.17) is 4.74 Å². The minimum atomic E-state index is -0.545. The number of piperidine rings is 1. The van der Waals surface area contributed by atoms with Crippen LogP contribution in [0, 0.1) is 0 Å². The van der Waals surface area contributed by atoms with Crippen LogP contribution in [-0.4, -0.2) is 60.2 Å². The maximum atomic E-state index is 13.2. The molecule has 0 aromatic heterocycles. The first-order valence-electron chi connectivity index (χ1n) is 12.1. The molecular formula is C27H36N4O3. The Balaban J connectivity index is 1.40. The second-order valence-electron chi connectivity index (χ2n) is 10.2. The summed E-state index contributed by atoms with van der Waals surface area (Å²) in [4.78, 5) is 31.5. The fraction of sp³-hybridized carbons (Fsp3) is 0.481. The zero-order chi connectivity index (χ0) is 24.3. The van der Waals surface area contributed by atoms with Crippen LogP contribution in [0.4, 0.5) is 21.0 Å². The molecule has 1 atom stereocenters. The number of amides is 3. The summed E-state index contributed by atoms with van der Waals surface area (Å²) in [5, 5.41) is 3.13. The van der Waals surface area contributed by atoms with E-state index < -0.39 is 5.60 Å². The van der Waals surface area contributed by atoms with Crippen LogP contribution in [0.25, 0.3) is 0 Å². The van der Waals surface area contributed by atoms with E-state index in [1.165, 1.54) is 11.3 Å². The number of nitrogens with zero attached hydrogens (tertiary/aromatic N) is 3. The second kappa shape index (κ2) is 9.95. The summed E-state index contributed by atoms with van der Waals surface area (Å²) in [6.45, 7) is 8.46. The number of ether oxygens (including phenoxy) is 1. The molecule has 0 bridgehead atoms. The van der Waals surface area contributed by atoms with Crippen molar-refractivity contribution in [3.05, 3.63) is 59.7 Å². The van der Waals surface area contributed by atoms with Crippen LogP contribution in [0.5, 0.6) is 0 Å². The van der Waals surface area contributed by atoms with Gasteiger partial charge >= 0.3 is 12.1 Å². The summed E-state index contributed by atoms with van der Waals surface area (Å²) < 4.78 is 5.51. The summed E-state index contributed by atoms with van der Waals surface area (Å²) in [6, 6.07) is 16.3. The minimum Gasteiger partial charge on any atom is -0.444 e. The second-order valence-corrected chi connectivity index (χ2v) is 10.2. The number of hydrogen-bond acceptors (Lipinski definition) is 4. The van der Waals surface area contributed by atoms with Crippen LogP contribution in [-0.2, 0) is 17.7 Å². The lowest BCUT2D eigenvalue weighted by molar-refractivity contribution is 0.0158. The predicted molar refractivity (Wildman–Crippen MR) is 135 cm³/mol. The average Bonchev–Trinajstić information content (AvgIpc) is 3.21. The molecule has 0 unspecified atom stereocenters. The van der Waals surface area contributed by atoms with Gasteiger partial charge < -0.3 is 24.8 Å². The lowest BCUT2D eigenvalue weighted by Crippen LogP contribution is -2.52. The van der Waals surface area contributed by atoms with Crippen LogP contribution < -0.4 is 10.2 Å². The number of fused-ring (bicyclic) bond motifs is 1. The van der Waals surface area contributed by atoms with Gasteiger partial charge in [-0.15, -0.1) is 0 Å². The lowest BCUT2D eigenvalue weighted by atomic mass is 10.1. The normalized spacial score (nSPS) is 17.8. The van der Waals surface area contributed by atoms with E-state index in [2.05, 4.69) is 40.5 Å². The van der Waals surface area contributed by atoms with Crippen molar-refractivity contribution in [3.63, 3.8) is 0 Å². The molecule has 2 heterocycles. The number of carbonyl (C=O) groups is 2. The highest BCUT2D eigenvalue weighted by Crippen LogP contribution is 2.30. The Morgan fingerprint density at radius 2 is 1.82 bits per heavy atom.